The Hall–Kier alpha value is -2.37. The maximum atomic E-state index is 13.1. The topological polar surface area (TPSA) is 83.9 Å². The van der Waals surface area contributed by atoms with Gasteiger partial charge in [0.25, 0.3) is 0 Å². The number of carbonyl (C=O) groups is 3. The summed E-state index contributed by atoms with van der Waals surface area (Å²) in [6, 6.07) is 7.30. The number of likely N-dealkylation sites (tertiary alicyclic amines) is 1. The van der Waals surface area contributed by atoms with Crippen LogP contribution in [0, 0.1) is 5.92 Å². The SMILES string of the molecule is CC(C)(C)OC(=O)N1CCC[C@@]1(C(=O)O)C1CCc2ccccc2C1=O. The number of fused-ring (bicyclic) bond motifs is 1. The van der Waals surface area contributed by atoms with Crippen LogP contribution in [0.4, 0.5) is 4.79 Å². The third-order valence-electron chi connectivity index (χ3n) is 5.28. The molecule has 2 atom stereocenters. The van der Waals surface area contributed by atoms with Crippen molar-refractivity contribution in [3.8, 4) is 0 Å². The van der Waals surface area contributed by atoms with Crippen molar-refractivity contribution >= 4 is 17.8 Å². The van der Waals surface area contributed by atoms with Crippen LogP contribution in [-0.2, 0) is 16.0 Å². The lowest BCUT2D eigenvalue weighted by molar-refractivity contribution is -0.152. The van der Waals surface area contributed by atoms with Gasteiger partial charge in [0, 0.05) is 12.1 Å². The minimum Gasteiger partial charge on any atom is -0.479 e. The molecule has 1 aromatic carbocycles. The van der Waals surface area contributed by atoms with E-state index in [2.05, 4.69) is 0 Å². The second-order valence-electron chi connectivity index (χ2n) is 8.08. The highest BCUT2D eigenvalue weighted by Gasteiger charge is 2.59. The molecule has 1 amide bonds. The number of benzene rings is 1. The number of ketones is 1. The lowest BCUT2D eigenvalue weighted by Crippen LogP contribution is -2.61. The number of Topliss-reactive ketones (excluding diaryl/α,β-unsaturated/α-hetero) is 1. The molecule has 6 nitrogen and oxygen atoms in total. The summed E-state index contributed by atoms with van der Waals surface area (Å²) in [6.07, 6.45) is 1.19. The second kappa shape index (κ2) is 6.41. The van der Waals surface area contributed by atoms with Gasteiger partial charge in [0.15, 0.2) is 11.3 Å². The number of carbonyl (C=O) groups excluding carboxylic acids is 2. The third-order valence-corrected chi connectivity index (χ3v) is 5.28. The van der Waals surface area contributed by atoms with Crippen LogP contribution in [0.3, 0.4) is 0 Å². The summed E-state index contributed by atoms with van der Waals surface area (Å²) in [4.78, 5) is 39.5. The first kappa shape index (κ1) is 18.4. The van der Waals surface area contributed by atoms with E-state index in [1.165, 1.54) is 4.90 Å². The predicted molar refractivity (Wildman–Crippen MR) is 95.1 cm³/mol. The highest BCUT2D eigenvalue weighted by molar-refractivity contribution is 6.04. The molecule has 0 radical (unpaired) electrons. The number of nitrogens with zero attached hydrogens (tertiary/aromatic N) is 1. The molecule has 1 aliphatic carbocycles. The summed E-state index contributed by atoms with van der Waals surface area (Å²) in [5.74, 6) is -2.08. The van der Waals surface area contributed by atoms with Crippen LogP contribution in [0.1, 0.15) is 56.0 Å². The molecule has 1 N–H and O–H groups in total. The average Bonchev–Trinajstić information content (AvgIpc) is 3.00. The first-order chi connectivity index (χ1) is 12.2. The Labute approximate surface area is 153 Å². The molecule has 3 rings (SSSR count). The molecule has 140 valence electrons. The van der Waals surface area contributed by atoms with Crippen molar-refractivity contribution in [1.29, 1.82) is 0 Å². The number of carboxylic acids is 1. The summed E-state index contributed by atoms with van der Waals surface area (Å²) in [5, 5.41) is 10.1. The Morgan fingerprint density at radius 2 is 1.96 bits per heavy atom. The van der Waals surface area contributed by atoms with E-state index in [0.29, 0.717) is 24.8 Å². The normalized spacial score (nSPS) is 25.7. The standard InChI is InChI=1S/C20H25NO5/c1-19(2,3)26-18(25)21-12-6-11-20(21,17(23)24)15-10-9-13-7-4-5-8-14(13)16(15)22/h4-5,7-8,15H,6,9-12H2,1-3H3,(H,23,24)/t15?,20-/m0/s1. The van der Waals surface area contributed by atoms with E-state index >= 15 is 0 Å². The van der Waals surface area contributed by atoms with Crippen molar-refractivity contribution in [2.24, 2.45) is 5.92 Å². The lowest BCUT2D eigenvalue weighted by Gasteiger charge is -2.42. The zero-order valence-corrected chi connectivity index (χ0v) is 15.4. The van der Waals surface area contributed by atoms with Gasteiger partial charge in [0.05, 0.1) is 5.92 Å². The fourth-order valence-corrected chi connectivity index (χ4v) is 4.20. The fraction of sp³-hybridized carbons (Fsp3) is 0.550. The number of hydrogen-bond acceptors (Lipinski definition) is 4. The van der Waals surface area contributed by atoms with E-state index in [9.17, 15) is 19.5 Å². The summed E-state index contributed by atoms with van der Waals surface area (Å²) in [5.41, 5.74) is -0.753. The summed E-state index contributed by atoms with van der Waals surface area (Å²) in [7, 11) is 0. The quantitative estimate of drug-likeness (QED) is 0.876. The fourth-order valence-electron chi connectivity index (χ4n) is 4.20. The molecular formula is C20H25NO5. The largest absolute Gasteiger partial charge is 0.479 e. The average molecular weight is 359 g/mol. The van der Waals surface area contributed by atoms with Crippen LogP contribution >= 0.6 is 0 Å². The number of carboxylic acid groups (broad SMARTS) is 1. The lowest BCUT2D eigenvalue weighted by atomic mass is 9.70. The Morgan fingerprint density at radius 1 is 1.27 bits per heavy atom. The summed E-state index contributed by atoms with van der Waals surface area (Å²) < 4.78 is 5.43. The molecule has 1 saturated heterocycles. The maximum Gasteiger partial charge on any atom is 0.411 e. The van der Waals surface area contributed by atoms with Crippen molar-refractivity contribution in [2.45, 2.75) is 57.6 Å². The third kappa shape index (κ3) is 2.97. The van der Waals surface area contributed by atoms with Gasteiger partial charge >= 0.3 is 12.1 Å². The van der Waals surface area contributed by atoms with Gasteiger partial charge in [-0.1, -0.05) is 24.3 Å². The van der Waals surface area contributed by atoms with Gasteiger partial charge in [-0.25, -0.2) is 9.59 Å². The summed E-state index contributed by atoms with van der Waals surface area (Å²) >= 11 is 0. The van der Waals surface area contributed by atoms with Crippen molar-refractivity contribution in [1.82, 2.24) is 4.90 Å². The molecule has 1 aliphatic heterocycles. The van der Waals surface area contributed by atoms with E-state index in [-0.39, 0.29) is 18.7 Å². The zero-order valence-electron chi connectivity index (χ0n) is 15.4. The molecule has 26 heavy (non-hydrogen) atoms. The highest BCUT2D eigenvalue weighted by Crippen LogP contribution is 2.43. The molecule has 1 fully saturated rings. The van der Waals surface area contributed by atoms with E-state index in [0.717, 1.165) is 5.56 Å². The van der Waals surface area contributed by atoms with Crippen molar-refractivity contribution in [3.63, 3.8) is 0 Å². The Morgan fingerprint density at radius 3 is 2.62 bits per heavy atom. The van der Waals surface area contributed by atoms with Gasteiger partial charge in [-0.15, -0.1) is 0 Å². The Bertz CT molecular complexity index is 751. The van der Waals surface area contributed by atoms with E-state index in [4.69, 9.17) is 4.74 Å². The van der Waals surface area contributed by atoms with Crippen molar-refractivity contribution in [2.75, 3.05) is 6.54 Å². The van der Waals surface area contributed by atoms with Crippen LogP contribution in [-0.4, -0.2) is 45.5 Å². The van der Waals surface area contributed by atoms with Gasteiger partial charge in [0.2, 0.25) is 0 Å². The predicted octanol–water partition coefficient (Wildman–Crippen LogP) is 3.29. The maximum absolute atomic E-state index is 13.1. The van der Waals surface area contributed by atoms with E-state index in [1.54, 1.807) is 32.9 Å². The highest BCUT2D eigenvalue weighted by atomic mass is 16.6. The van der Waals surface area contributed by atoms with Crippen LogP contribution in [0.5, 0.6) is 0 Å². The molecule has 6 heteroatoms. The Balaban J connectivity index is 1.99. The van der Waals surface area contributed by atoms with Crippen molar-refractivity contribution in [3.05, 3.63) is 35.4 Å². The number of hydrogen-bond donors (Lipinski definition) is 1. The van der Waals surface area contributed by atoms with Gasteiger partial charge in [-0.05, 0) is 52.0 Å². The number of rotatable bonds is 2. The van der Waals surface area contributed by atoms with E-state index < -0.39 is 29.1 Å². The van der Waals surface area contributed by atoms with Crippen LogP contribution in [0.2, 0.25) is 0 Å². The molecule has 1 aromatic rings. The minimum absolute atomic E-state index is 0.190. The van der Waals surface area contributed by atoms with Crippen LogP contribution < -0.4 is 0 Å². The van der Waals surface area contributed by atoms with Crippen LogP contribution in [0.15, 0.2) is 24.3 Å². The summed E-state index contributed by atoms with van der Waals surface area (Å²) in [6.45, 7) is 5.51. The number of aryl methyl sites for hydroxylation is 1. The molecular weight excluding hydrogens is 334 g/mol. The molecule has 0 bridgehead atoms. The van der Waals surface area contributed by atoms with Gasteiger partial charge < -0.3 is 9.84 Å². The number of aliphatic carboxylic acids is 1. The monoisotopic (exact) mass is 359 g/mol. The van der Waals surface area contributed by atoms with Gasteiger partial charge in [-0.3, -0.25) is 9.69 Å². The Kier molecular flexibility index (Phi) is 4.54. The molecule has 0 spiro atoms. The van der Waals surface area contributed by atoms with Gasteiger partial charge in [-0.2, -0.15) is 0 Å². The first-order valence-electron chi connectivity index (χ1n) is 9.03. The molecule has 2 aliphatic rings. The minimum atomic E-state index is -1.53. The van der Waals surface area contributed by atoms with E-state index in [1.807, 2.05) is 12.1 Å². The van der Waals surface area contributed by atoms with Crippen LogP contribution in [0.25, 0.3) is 0 Å². The molecule has 0 saturated carbocycles. The van der Waals surface area contributed by atoms with Gasteiger partial charge in [0.1, 0.15) is 5.60 Å². The molecule has 1 heterocycles. The second-order valence-corrected chi connectivity index (χ2v) is 8.08. The number of amides is 1. The zero-order chi connectivity index (χ0) is 19.1. The number of ether oxygens (including phenoxy) is 1. The molecule has 1 unspecified atom stereocenters. The first-order valence-corrected chi connectivity index (χ1v) is 9.03. The smallest absolute Gasteiger partial charge is 0.411 e. The van der Waals surface area contributed by atoms with Crippen molar-refractivity contribution < 1.29 is 24.2 Å². The molecule has 0 aromatic heterocycles.